The second-order valence-corrected chi connectivity index (χ2v) is 8.02. The highest BCUT2D eigenvalue weighted by atomic mass is 15.3. The molecule has 2 aromatic carbocycles. The van der Waals surface area contributed by atoms with Crippen LogP contribution in [0.15, 0.2) is 59.7 Å². The number of fused-ring (bicyclic) bond motifs is 7. The first-order valence-corrected chi connectivity index (χ1v) is 9.39. The largest absolute Gasteiger partial charge is 0.362 e. The minimum atomic E-state index is -0.495. The fraction of sp³-hybridized carbons (Fsp3) is 0.250. The highest BCUT2D eigenvalue weighted by molar-refractivity contribution is 6.09. The Bertz CT molecular complexity index is 1110. The second-order valence-electron chi connectivity index (χ2n) is 8.02. The van der Waals surface area contributed by atoms with Crippen LogP contribution in [-0.2, 0) is 0 Å². The van der Waals surface area contributed by atoms with E-state index < -0.39 is 11.1 Å². The van der Waals surface area contributed by atoms with Crippen molar-refractivity contribution < 1.29 is 0 Å². The number of rotatable bonds is 0. The maximum absolute atomic E-state index is 10.2. The van der Waals surface area contributed by atoms with Gasteiger partial charge in [-0.3, -0.25) is 0 Å². The van der Waals surface area contributed by atoms with Crippen molar-refractivity contribution in [3.8, 4) is 12.1 Å². The minimum absolute atomic E-state index is 0.495. The summed E-state index contributed by atoms with van der Waals surface area (Å²) in [6.45, 7) is 4.41. The molecule has 28 heavy (non-hydrogen) atoms. The van der Waals surface area contributed by atoms with E-state index in [0.717, 1.165) is 33.6 Å². The van der Waals surface area contributed by atoms with Gasteiger partial charge in [-0.15, -0.1) is 0 Å². The first kappa shape index (κ1) is 16.7. The van der Waals surface area contributed by atoms with E-state index in [4.69, 9.17) is 0 Å². The first-order valence-electron chi connectivity index (χ1n) is 9.39. The standard InChI is InChI=1S/C24H20N4/c1-23-21(15-9-5-7-11-19(15)27(23)3)17(13-25)18(14-26)22-16-10-6-8-12-20(16)28(4)24(22,23)2/h5-12H,1-4H3/t23-,24-/m1/s1. The molecular formula is C24H20N4. The SMILES string of the molecule is CN1c2ccccc2C2=C(C#N)C(C#N)=C3c4ccccc4N(C)[C@@]3(C)[C@@]21C. The Balaban J connectivity index is 2.00. The van der Waals surface area contributed by atoms with Crippen molar-refractivity contribution in [3.63, 3.8) is 0 Å². The van der Waals surface area contributed by atoms with Crippen molar-refractivity contribution in [2.75, 3.05) is 23.9 Å². The van der Waals surface area contributed by atoms with E-state index in [2.05, 4.69) is 74.1 Å². The van der Waals surface area contributed by atoms with Crippen molar-refractivity contribution in [1.82, 2.24) is 0 Å². The highest BCUT2D eigenvalue weighted by Crippen LogP contribution is 2.64. The number of nitrogens with zero attached hydrogens (tertiary/aromatic N) is 4. The lowest BCUT2D eigenvalue weighted by Crippen LogP contribution is -2.66. The summed E-state index contributed by atoms with van der Waals surface area (Å²) in [7, 11) is 4.19. The van der Waals surface area contributed by atoms with E-state index in [1.165, 1.54) is 0 Å². The molecule has 5 rings (SSSR count). The summed E-state index contributed by atoms with van der Waals surface area (Å²) in [5.74, 6) is 0. The predicted molar refractivity (Wildman–Crippen MR) is 112 cm³/mol. The normalized spacial score (nSPS) is 27.1. The van der Waals surface area contributed by atoms with Crippen molar-refractivity contribution >= 4 is 22.5 Å². The van der Waals surface area contributed by atoms with Crippen LogP contribution in [0.25, 0.3) is 11.1 Å². The van der Waals surface area contributed by atoms with Gasteiger partial charge in [0.25, 0.3) is 0 Å². The van der Waals surface area contributed by atoms with Gasteiger partial charge in [-0.05, 0) is 26.0 Å². The molecule has 0 radical (unpaired) electrons. The Morgan fingerprint density at radius 2 is 1.04 bits per heavy atom. The van der Waals surface area contributed by atoms with E-state index in [0.29, 0.717) is 11.1 Å². The molecule has 2 aliphatic heterocycles. The molecule has 0 bridgehead atoms. The van der Waals surface area contributed by atoms with Gasteiger partial charge in [0.05, 0.1) is 22.2 Å². The fourth-order valence-electron chi connectivity index (χ4n) is 5.67. The van der Waals surface area contributed by atoms with Gasteiger partial charge in [-0.25, -0.2) is 0 Å². The molecule has 3 aliphatic rings. The van der Waals surface area contributed by atoms with Gasteiger partial charge >= 0.3 is 0 Å². The number of anilines is 2. The molecule has 0 unspecified atom stereocenters. The summed E-state index contributed by atoms with van der Waals surface area (Å²) < 4.78 is 0. The summed E-state index contributed by atoms with van der Waals surface area (Å²) in [6.07, 6.45) is 0. The molecular weight excluding hydrogens is 344 g/mol. The number of benzene rings is 2. The Kier molecular flexibility index (Phi) is 3.01. The van der Waals surface area contributed by atoms with Crippen molar-refractivity contribution in [3.05, 3.63) is 70.8 Å². The van der Waals surface area contributed by atoms with Gasteiger partial charge in [0.1, 0.15) is 12.1 Å². The van der Waals surface area contributed by atoms with E-state index in [1.807, 2.05) is 24.3 Å². The van der Waals surface area contributed by atoms with E-state index in [9.17, 15) is 10.5 Å². The maximum Gasteiger partial charge on any atom is 0.101 e. The third-order valence-corrected chi connectivity index (χ3v) is 7.31. The molecule has 1 aliphatic carbocycles. The lowest BCUT2D eigenvalue weighted by molar-refractivity contribution is 0.393. The number of hydrogen-bond donors (Lipinski definition) is 0. The van der Waals surface area contributed by atoms with Crippen LogP contribution in [0.3, 0.4) is 0 Å². The van der Waals surface area contributed by atoms with Gasteiger partial charge in [-0.2, -0.15) is 10.5 Å². The number of hydrogen-bond acceptors (Lipinski definition) is 4. The number of allylic oxidation sites excluding steroid dienone is 2. The average molecular weight is 364 g/mol. The Hall–Kier alpha value is -3.50. The summed E-state index contributed by atoms with van der Waals surface area (Å²) in [6, 6.07) is 21.2. The lowest BCUT2D eigenvalue weighted by Gasteiger charge is -2.54. The number of nitriles is 2. The highest BCUT2D eigenvalue weighted by Gasteiger charge is 2.65. The smallest absolute Gasteiger partial charge is 0.101 e. The molecule has 0 amide bonds. The monoisotopic (exact) mass is 364 g/mol. The second kappa shape index (κ2) is 5.06. The molecule has 2 heterocycles. The number of para-hydroxylation sites is 2. The predicted octanol–water partition coefficient (Wildman–Crippen LogP) is 4.37. The molecule has 4 heteroatoms. The molecule has 0 spiro atoms. The third-order valence-electron chi connectivity index (χ3n) is 7.31. The molecule has 0 aromatic heterocycles. The molecule has 0 saturated heterocycles. The van der Waals surface area contributed by atoms with Gasteiger partial charge in [-0.1, -0.05) is 36.4 Å². The van der Waals surface area contributed by atoms with E-state index in [1.54, 1.807) is 0 Å². The van der Waals surface area contributed by atoms with Crippen LogP contribution >= 0.6 is 0 Å². The minimum Gasteiger partial charge on any atom is -0.362 e. The maximum atomic E-state index is 10.2. The van der Waals surface area contributed by atoms with Crippen LogP contribution in [0, 0.1) is 22.7 Å². The average Bonchev–Trinajstić information content (AvgIpc) is 3.10. The Morgan fingerprint density at radius 3 is 1.39 bits per heavy atom. The molecule has 2 aromatic rings. The van der Waals surface area contributed by atoms with Crippen molar-refractivity contribution in [1.29, 1.82) is 10.5 Å². The zero-order valence-electron chi connectivity index (χ0n) is 16.4. The quantitative estimate of drug-likeness (QED) is 0.696. The molecule has 2 atom stereocenters. The topological polar surface area (TPSA) is 54.1 Å². The molecule has 4 nitrogen and oxygen atoms in total. The van der Waals surface area contributed by atoms with Gasteiger partial charge < -0.3 is 9.80 Å². The Labute approximate surface area is 165 Å². The molecule has 136 valence electrons. The van der Waals surface area contributed by atoms with Crippen LogP contribution in [0.4, 0.5) is 11.4 Å². The molecule has 0 N–H and O–H groups in total. The van der Waals surface area contributed by atoms with E-state index in [-0.39, 0.29) is 0 Å². The fourth-order valence-corrected chi connectivity index (χ4v) is 5.67. The summed E-state index contributed by atoms with van der Waals surface area (Å²) >= 11 is 0. The van der Waals surface area contributed by atoms with Crippen molar-refractivity contribution in [2.45, 2.75) is 24.9 Å². The van der Waals surface area contributed by atoms with Crippen LogP contribution in [0.2, 0.25) is 0 Å². The van der Waals surface area contributed by atoms with E-state index >= 15 is 0 Å². The molecule has 0 saturated carbocycles. The van der Waals surface area contributed by atoms with Crippen LogP contribution in [0.5, 0.6) is 0 Å². The zero-order valence-corrected chi connectivity index (χ0v) is 16.4. The summed E-state index contributed by atoms with van der Waals surface area (Å²) in [5, 5.41) is 20.3. The number of likely N-dealkylation sites (N-methyl/N-ethyl adjacent to an activating group) is 2. The lowest BCUT2D eigenvalue weighted by atomic mass is 9.62. The van der Waals surface area contributed by atoms with Crippen LogP contribution in [0.1, 0.15) is 25.0 Å². The summed E-state index contributed by atoms with van der Waals surface area (Å²) in [5.41, 5.74) is 6.19. The van der Waals surface area contributed by atoms with Gasteiger partial charge in [0, 0.05) is 47.7 Å². The van der Waals surface area contributed by atoms with Crippen molar-refractivity contribution in [2.24, 2.45) is 0 Å². The summed E-state index contributed by atoms with van der Waals surface area (Å²) in [4.78, 5) is 4.57. The zero-order chi connectivity index (χ0) is 19.8. The third kappa shape index (κ3) is 1.49. The van der Waals surface area contributed by atoms with Crippen LogP contribution < -0.4 is 9.80 Å². The first-order chi connectivity index (χ1) is 13.4. The molecule has 0 fully saturated rings. The Morgan fingerprint density at radius 1 is 0.679 bits per heavy atom. The van der Waals surface area contributed by atoms with Crippen LogP contribution in [-0.4, -0.2) is 25.2 Å². The van der Waals surface area contributed by atoms with Gasteiger partial charge in [0.15, 0.2) is 0 Å². The van der Waals surface area contributed by atoms with Gasteiger partial charge in [0.2, 0.25) is 0 Å².